The van der Waals surface area contributed by atoms with Crippen LogP contribution < -0.4 is 14.8 Å². The molecule has 0 saturated heterocycles. The van der Waals surface area contributed by atoms with Crippen LogP contribution in [0.4, 0.5) is 0 Å². The first kappa shape index (κ1) is 18.2. The molecule has 0 unspecified atom stereocenters. The maximum Gasteiger partial charge on any atom is 0.252 e. The van der Waals surface area contributed by atoms with E-state index in [9.17, 15) is 4.79 Å². The van der Waals surface area contributed by atoms with Gasteiger partial charge in [0.2, 0.25) is 0 Å². The van der Waals surface area contributed by atoms with Gasteiger partial charge in [0.05, 0.1) is 18.8 Å². The molecule has 128 valence electrons. The van der Waals surface area contributed by atoms with Crippen LogP contribution in [-0.2, 0) is 6.54 Å². The van der Waals surface area contributed by atoms with Gasteiger partial charge in [0.1, 0.15) is 0 Å². The number of rotatable bonds is 7. The van der Waals surface area contributed by atoms with E-state index in [1.807, 2.05) is 62.6 Å². The summed E-state index contributed by atoms with van der Waals surface area (Å²) in [5.74, 6) is 1.29. The first-order chi connectivity index (χ1) is 11.5. The molecule has 0 aromatic heterocycles. The summed E-state index contributed by atoms with van der Waals surface area (Å²) in [6.07, 6.45) is 2.04. The number of carbonyl (C=O) groups excluding carboxylic acids is 1. The van der Waals surface area contributed by atoms with E-state index in [0.29, 0.717) is 23.6 Å². The van der Waals surface area contributed by atoms with E-state index in [1.54, 1.807) is 18.9 Å². The second-order valence-electron chi connectivity index (χ2n) is 5.53. The van der Waals surface area contributed by atoms with E-state index >= 15 is 0 Å². The molecule has 1 amide bonds. The molecule has 0 aliphatic heterocycles. The first-order valence-corrected chi connectivity index (χ1v) is 9.02. The monoisotopic (exact) mass is 345 g/mol. The third-order valence-electron chi connectivity index (χ3n) is 3.40. The Bertz CT molecular complexity index is 701. The Morgan fingerprint density at radius 1 is 1.17 bits per heavy atom. The third-order valence-corrected chi connectivity index (χ3v) is 4.19. The van der Waals surface area contributed by atoms with Crippen LogP contribution >= 0.6 is 11.8 Å². The molecule has 0 radical (unpaired) electrons. The zero-order chi connectivity index (χ0) is 17.5. The number of methoxy groups -OCH3 is 1. The van der Waals surface area contributed by atoms with Crippen molar-refractivity contribution in [3.8, 4) is 11.5 Å². The van der Waals surface area contributed by atoms with Crippen molar-refractivity contribution in [3.63, 3.8) is 0 Å². The molecule has 4 nitrogen and oxygen atoms in total. The van der Waals surface area contributed by atoms with Crippen molar-refractivity contribution in [1.82, 2.24) is 5.32 Å². The van der Waals surface area contributed by atoms with Crippen molar-refractivity contribution in [2.45, 2.75) is 31.4 Å². The van der Waals surface area contributed by atoms with E-state index in [4.69, 9.17) is 9.47 Å². The Kier molecular flexibility index (Phi) is 6.55. The van der Waals surface area contributed by atoms with Crippen molar-refractivity contribution in [2.75, 3.05) is 13.4 Å². The molecule has 0 bridgehead atoms. The standard InChI is InChI=1S/C19H23NO3S/c1-13(2)23-16-10-9-14(11-17(16)22-3)12-20-19(21)15-7-5-6-8-18(15)24-4/h5-11,13H,12H2,1-4H3,(H,20,21). The summed E-state index contributed by atoms with van der Waals surface area (Å²) >= 11 is 1.56. The summed E-state index contributed by atoms with van der Waals surface area (Å²) in [4.78, 5) is 13.4. The number of benzene rings is 2. The number of amides is 1. The molecule has 0 atom stereocenters. The predicted octanol–water partition coefficient (Wildman–Crippen LogP) is 4.13. The van der Waals surface area contributed by atoms with Gasteiger partial charge in [0, 0.05) is 11.4 Å². The van der Waals surface area contributed by atoms with E-state index < -0.39 is 0 Å². The Labute approximate surface area is 147 Å². The molecular formula is C19H23NO3S. The Morgan fingerprint density at radius 3 is 2.58 bits per heavy atom. The summed E-state index contributed by atoms with van der Waals surface area (Å²) < 4.78 is 11.1. The van der Waals surface area contributed by atoms with Gasteiger partial charge in [-0.1, -0.05) is 18.2 Å². The van der Waals surface area contributed by atoms with Crippen molar-refractivity contribution in [3.05, 3.63) is 53.6 Å². The van der Waals surface area contributed by atoms with Gasteiger partial charge in [-0.25, -0.2) is 0 Å². The molecule has 5 heteroatoms. The summed E-state index contributed by atoms with van der Waals surface area (Å²) in [6.45, 7) is 4.37. The second kappa shape index (κ2) is 8.64. The van der Waals surface area contributed by atoms with Gasteiger partial charge in [-0.2, -0.15) is 0 Å². The van der Waals surface area contributed by atoms with E-state index in [0.717, 1.165) is 10.5 Å². The number of hydrogen-bond donors (Lipinski definition) is 1. The summed E-state index contributed by atoms with van der Waals surface area (Å²) in [5.41, 5.74) is 1.65. The second-order valence-corrected chi connectivity index (χ2v) is 6.38. The molecular weight excluding hydrogens is 322 g/mol. The molecule has 0 heterocycles. The fraction of sp³-hybridized carbons (Fsp3) is 0.316. The quantitative estimate of drug-likeness (QED) is 0.766. The van der Waals surface area contributed by atoms with Crippen LogP contribution in [0.1, 0.15) is 29.8 Å². The Balaban J connectivity index is 2.07. The molecule has 0 fully saturated rings. The highest BCUT2D eigenvalue weighted by molar-refractivity contribution is 7.98. The molecule has 0 spiro atoms. The largest absolute Gasteiger partial charge is 0.493 e. The highest BCUT2D eigenvalue weighted by Crippen LogP contribution is 2.29. The fourth-order valence-corrected chi connectivity index (χ4v) is 2.88. The van der Waals surface area contributed by atoms with Crippen molar-refractivity contribution in [1.29, 1.82) is 0 Å². The smallest absolute Gasteiger partial charge is 0.252 e. The number of nitrogens with one attached hydrogen (secondary N) is 1. The number of thioether (sulfide) groups is 1. The summed E-state index contributed by atoms with van der Waals surface area (Å²) in [5, 5.41) is 2.95. The first-order valence-electron chi connectivity index (χ1n) is 7.80. The molecule has 0 aliphatic rings. The zero-order valence-corrected chi connectivity index (χ0v) is 15.3. The summed E-state index contributed by atoms with van der Waals surface area (Å²) in [6, 6.07) is 13.3. The van der Waals surface area contributed by atoms with Gasteiger partial charge in [-0.05, 0) is 49.9 Å². The van der Waals surface area contributed by atoms with Crippen molar-refractivity contribution in [2.24, 2.45) is 0 Å². The maximum absolute atomic E-state index is 12.4. The van der Waals surface area contributed by atoms with E-state index in [1.165, 1.54) is 0 Å². The van der Waals surface area contributed by atoms with Crippen LogP contribution in [0.3, 0.4) is 0 Å². The SMILES string of the molecule is COc1cc(CNC(=O)c2ccccc2SC)ccc1OC(C)C. The summed E-state index contributed by atoms with van der Waals surface area (Å²) in [7, 11) is 1.61. The number of ether oxygens (including phenoxy) is 2. The molecule has 2 rings (SSSR count). The van der Waals surface area contributed by atoms with Crippen LogP contribution in [0.2, 0.25) is 0 Å². The van der Waals surface area contributed by atoms with E-state index in [-0.39, 0.29) is 12.0 Å². The van der Waals surface area contributed by atoms with Crippen LogP contribution in [0.15, 0.2) is 47.4 Å². The zero-order valence-electron chi connectivity index (χ0n) is 14.5. The van der Waals surface area contributed by atoms with Crippen LogP contribution in [0.25, 0.3) is 0 Å². The van der Waals surface area contributed by atoms with Gasteiger partial charge >= 0.3 is 0 Å². The minimum Gasteiger partial charge on any atom is -0.493 e. The lowest BCUT2D eigenvalue weighted by atomic mass is 10.1. The highest BCUT2D eigenvalue weighted by Gasteiger charge is 2.11. The lowest BCUT2D eigenvalue weighted by Crippen LogP contribution is -2.23. The van der Waals surface area contributed by atoms with Gasteiger partial charge in [-0.3, -0.25) is 4.79 Å². The Morgan fingerprint density at radius 2 is 1.92 bits per heavy atom. The van der Waals surface area contributed by atoms with Gasteiger partial charge < -0.3 is 14.8 Å². The predicted molar refractivity (Wildman–Crippen MR) is 98.2 cm³/mol. The molecule has 2 aromatic rings. The van der Waals surface area contributed by atoms with Gasteiger partial charge in [-0.15, -0.1) is 11.8 Å². The normalized spacial score (nSPS) is 10.5. The lowest BCUT2D eigenvalue weighted by Gasteiger charge is -2.15. The van der Waals surface area contributed by atoms with Gasteiger partial charge in [0.25, 0.3) is 5.91 Å². The molecule has 24 heavy (non-hydrogen) atoms. The number of carbonyl (C=O) groups is 1. The minimum atomic E-state index is -0.0820. The van der Waals surface area contributed by atoms with Crippen LogP contribution in [0.5, 0.6) is 11.5 Å². The van der Waals surface area contributed by atoms with Crippen molar-refractivity contribution < 1.29 is 14.3 Å². The lowest BCUT2D eigenvalue weighted by molar-refractivity contribution is 0.0948. The average Bonchev–Trinajstić information content (AvgIpc) is 2.60. The molecule has 2 aromatic carbocycles. The minimum absolute atomic E-state index is 0.0764. The van der Waals surface area contributed by atoms with E-state index in [2.05, 4.69) is 5.32 Å². The molecule has 1 N–H and O–H groups in total. The Hall–Kier alpha value is -2.14. The topological polar surface area (TPSA) is 47.6 Å². The average molecular weight is 345 g/mol. The highest BCUT2D eigenvalue weighted by atomic mass is 32.2. The molecule has 0 saturated carbocycles. The maximum atomic E-state index is 12.4. The van der Waals surface area contributed by atoms with Crippen LogP contribution in [-0.4, -0.2) is 25.4 Å². The number of hydrogen-bond acceptors (Lipinski definition) is 4. The van der Waals surface area contributed by atoms with Crippen LogP contribution in [0, 0.1) is 0 Å². The third kappa shape index (κ3) is 4.68. The molecule has 0 aliphatic carbocycles. The van der Waals surface area contributed by atoms with Gasteiger partial charge in [0.15, 0.2) is 11.5 Å². The fourth-order valence-electron chi connectivity index (χ4n) is 2.28. The van der Waals surface area contributed by atoms with Crippen molar-refractivity contribution >= 4 is 17.7 Å².